The molecule has 1 aromatic carbocycles. The first-order valence-corrected chi connectivity index (χ1v) is 13.6. The molecule has 0 saturated carbocycles. The van der Waals surface area contributed by atoms with Crippen molar-refractivity contribution in [3.05, 3.63) is 53.1 Å². The van der Waals surface area contributed by atoms with Crippen molar-refractivity contribution in [2.45, 2.75) is 62.9 Å². The number of amides is 4. The zero-order valence-corrected chi connectivity index (χ0v) is 22.0. The van der Waals surface area contributed by atoms with Gasteiger partial charge in [-0.15, -0.1) is 0 Å². The third-order valence-electron chi connectivity index (χ3n) is 7.60. The Morgan fingerprint density at radius 1 is 1.19 bits per heavy atom. The average Bonchev–Trinajstić information content (AvgIpc) is 3.23. The molecule has 4 aliphatic rings. The van der Waals surface area contributed by atoms with Crippen molar-refractivity contribution in [3.63, 3.8) is 0 Å². The summed E-state index contributed by atoms with van der Waals surface area (Å²) < 4.78 is 0. The number of thioether (sulfide) groups is 1. The van der Waals surface area contributed by atoms with E-state index in [0.717, 1.165) is 37.2 Å². The zero-order chi connectivity index (χ0) is 25.6. The Bertz CT molecular complexity index is 1110. The summed E-state index contributed by atoms with van der Waals surface area (Å²) in [5.74, 6) is -0.278. The van der Waals surface area contributed by atoms with Crippen molar-refractivity contribution in [3.8, 4) is 0 Å². The lowest BCUT2D eigenvalue weighted by Gasteiger charge is -2.45. The van der Waals surface area contributed by atoms with E-state index in [1.165, 1.54) is 23.4 Å². The predicted octanol–water partition coefficient (Wildman–Crippen LogP) is 3.07. The fraction of sp³-hybridized carbons (Fsp3) is 0.519. The predicted molar refractivity (Wildman–Crippen MR) is 142 cm³/mol. The maximum atomic E-state index is 13.4. The van der Waals surface area contributed by atoms with Crippen molar-refractivity contribution in [1.29, 1.82) is 0 Å². The summed E-state index contributed by atoms with van der Waals surface area (Å²) in [6.07, 6.45) is 3.78. The van der Waals surface area contributed by atoms with E-state index in [1.807, 2.05) is 17.0 Å². The Balaban J connectivity index is 1.36. The molecule has 3 N–H and O–H groups in total. The summed E-state index contributed by atoms with van der Waals surface area (Å²) in [5, 5.41) is 9.77. The van der Waals surface area contributed by atoms with Crippen LogP contribution in [0.15, 0.2) is 47.5 Å². The van der Waals surface area contributed by atoms with E-state index in [1.54, 1.807) is 4.90 Å². The number of nitrogens with one attached hydrogen (secondary N) is 3. The second kappa shape index (κ2) is 9.59. The van der Waals surface area contributed by atoms with Crippen molar-refractivity contribution in [1.82, 2.24) is 20.9 Å². The minimum absolute atomic E-state index is 0.00897. The average molecular weight is 510 g/mol. The molecule has 3 unspecified atom stereocenters. The standard InChI is InChI=1S/C27H35N5O3S/c1-5-20(33)31-14-6-7-17(15-31)29-24(34)23-22-21-19(12-13-28-25(21)36-23)32(26(35)30-22)18-10-8-16(9-11-18)27(2,3)4/h5,8-11,17,19,21,25,28H,1,6-7,12-15H2,2-4H3,(H,29,34)(H,30,35)/t17-,19?,21?,25?/m1/s1. The highest BCUT2D eigenvalue weighted by atomic mass is 32.2. The van der Waals surface area contributed by atoms with Gasteiger partial charge in [0.15, 0.2) is 0 Å². The van der Waals surface area contributed by atoms with Gasteiger partial charge in [0, 0.05) is 36.4 Å². The monoisotopic (exact) mass is 509 g/mol. The largest absolute Gasteiger partial charge is 0.347 e. The quantitative estimate of drug-likeness (QED) is 0.543. The number of hydrogen-bond acceptors (Lipinski definition) is 5. The Morgan fingerprint density at radius 2 is 1.94 bits per heavy atom. The number of nitrogens with zero attached hydrogens (tertiary/aromatic N) is 2. The SMILES string of the molecule is C=CC(=O)N1CCC[C@@H](NC(=O)C2=C3NC(=O)N(c4ccc(C(C)(C)C)cc4)C4CCNC(S2)C34)C1. The molecular weight excluding hydrogens is 474 g/mol. The number of hydrogen-bond donors (Lipinski definition) is 3. The maximum Gasteiger partial charge on any atom is 0.326 e. The van der Waals surface area contributed by atoms with Crippen LogP contribution in [-0.2, 0) is 15.0 Å². The summed E-state index contributed by atoms with van der Waals surface area (Å²) in [6.45, 7) is 12.0. The van der Waals surface area contributed by atoms with Crippen molar-refractivity contribution < 1.29 is 14.4 Å². The Kier molecular flexibility index (Phi) is 6.63. The van der Waals surface area contributed by atoms with Gasteiger partial charge >= 0.3 is 6.03 Å². The molecule has 9 heteroatoms. The van der Waals surface area contributed by atoms with Crippen LogP contribution < -0.4 is 20.9 Å². The molecule has 0 radical (unpaired) electrons. The van der Waals surface area contributed by atoms with Gasteiger partial charge in [0.1, 0.15) is 0 Å². The highest BCUT2D eigenvalue weighted by Crippen LogP contribution is 2.48. The molecule has 8 nitrogen and oxygen atoms in total. The third kappa shape index (κ3) is 4.54. The lowest BCUT2D eigenvalue weighted by molar-refractivity contribution is -0.128. The van der Waals surface area contributed by atoms with E-state index in [-0.39, 0.29) is 46.6 Å². The van der Waals surface area contributed by atoms with Gasteiger partial charge in [-0.2, -0.15) is 0 Å². The minimum Gasteiger partial charge on any atom is -0.347 e. The fourth-order valence-corrected chi connectivity index (χ4v) is 7.12. The van der Waals surface area contributed by atoms with Crippen molar-refractivity contribution in [2.24, 2.45) is 5.92 Å². The lowest BCUT2D eigenvalue weighted by Crippen LogP contribution is -2.62. The second-order valence-electron chi connectivity index (χ2n) is 11.0. The fourth-order valence-electron chi connectivity index (χ4n) is 5.72. The van der Waals surface area contributed by atoms with Gasteiger partial charge in [0.25, 0.3) is 5.91 Å². The van der Waals surface area contributed by atoms with Gasteiger partial charge in [-0.3, -0.25) is 14.5 Å². The summed E-state index contributed by atoms with van der Waals surface area (Å²) >= 11 is 1.50. The van der Waals surface area contributed by atoms with Crippen LogP contribution in [0.1, 0.15) is 45.6 Å². The molecule has 0 spiro atoms. The van der Waals surface area contributed by atoms with E-state index >= 15 is 0 Å². The summed E-state index contributed by atoms with van der Waals surface area (Å²) in [5.41, 5.74) is 2.86. The number of piperidine rings is 2. The van der Waals surface area contributed by atoms with E-state index < -0.39 is 0 Å². The van der Waals surface area contributed by atoms with Crippen LogP contribution in [0.3, 0.4) is 0 Å². The molecular formula is C27H35N5O3S. The molecule has 0 aromatic heterocycles. The number of benzene rings is 1. The molecule has 3 saturated heterocycles. The van der Waals surface area contributed by atoms with Gasteiger partial charge in [-0.05, 0) is 55.0 Å². The van der Waals surface area contributed by atoms with Gasteiger partial charge in [-0.25, -0.2) is 4.79 Å². The first kappa shape index (κ1) is 24.9. The smallest absolute Gasteiger partial charge is 0.326 e. The second-order valence-corrected chi connectivity index (χ2v) is 12.2. The van der Waals surface area contributed by atoms with Gasteiger partial charge in [0.2, 0.25) is 5.91 Å². The van der Waals surface area contributed by atoms with E-state index in [9.17, 15) is 14.4 Å². The Morgan fingerprint density at radius 3 is 2.64 bits per heavy atom. The summed E-state index contributed by atoms with van der Waals surface area (Å²) in [6, 6.07) is 7.92. The molecule has 36 heavy (non-hydrogen) atoms. The van der Waals surface area contributed by atoms with Crippen LogP contribution in [0.4, 0.5) is 10.5 Å². The highest BCUT2D eigenvalue weighted by molar-refractivity contribution is 8.04. The van der Waals surface area contributed by atoms with Crippen LogP contribution in [0.2, 0.25) is 0 Å². The maximum absolute atomic E-state index is 13.4. The van der Waals surface area contributed by atoms with Crippen LogP contribution in [-0.4, -0.2) is 59.8 Å². The van der Waals surface area contributed by atoms with Crippen LogP contribution in [0.5, 0.6) is 0 Å². The molecule has 5 rings (SSSR count). The van der Waals surface area contributed by atoms with Crippen LogP contribution in [0.25, 0.3) is 0 Å². The zero-order valence-electron chi connectivity index (χ0n) is 21.2. The normalized spacial score (nSPS) is 27.9. The molecule has 0 aliphatic carbocycles. The summed E-state index contributed by atoms with van der Waals surface area (Å²) in [7, 11) is 0. The van der Waals surface area contributed by atoms with Crippen molar-refractivity contribution >= 4 is 35.3 Å². The van der Waals surface area contributed by atoms with Gasteiger partial charge in [0.05, 0.1) is 16.3 Å². The number of carbonyl (C=O) groups excluding carboxylic acids is 3. The van der Waals surface area contributed by atoms with E-state index in [0.29, 0.717) is 18.0 Å². The first-order chi connectivity index (χ1) is 17.2. The number of anilines is 1. The summed E-state index contributed by atoms with van der Waals surface area (Å²) in [4.78, 5) is 43.0. The number of likely N-dealkylation sites (tertiary alicyclic amines) is 1. The highest BCUT2D eigenvalue weighted by Gasteiger charge is 2.51. The molecule has 1 aromatic rings. The molecule has 3 fully saturated rings. The molecule has 4 aliphatic heterocycles. The topological polar surface area (TPSA) is 93.8 Å². The Labute approximate surface area is 216 Å². The molecule has 4 atom stereocenters. The van der Waals surface area contributed by atoms with Crippen LogP contribution in [0, 0.1) is 5.92 Å². The lowest BCUT2D eigenvalue weighted by atomic mass is 9.85. The minimum atomic E-state index is -0.191. The van der Waals surface area contributed by atoms with Crippen LogP contribution >= 0.6 is 11.8 Å². The molecule has 192 valence electrons. The number of carbonyl (C=O) groups is 3. The van der Waals surface area contributed by atoms with Gasteiger partial charge < -0.3 is 20.9 Å². The van der Waals surface area contributed by atoms with E-state index in [2.05, 4.69) is 55.4 Å². The molecule has 4 amide bonds. The first-order valence-electron chi connectivity index (χ1n) is 12.7. The van der Waals surface area contributed by atoms with Gasteiger partial charge in [-0.1, -0.05) is 51.2 Å². The number of urea groups is 1. The molecule has 4 heterocycles. The molecule has 0 bridgehead atoms. The third-order valence-corrected chi connectivity index (χ3v) is 8.96. The number of rotatable bonds is 4. The Hall–Kier alpha value is -2.78. The van der Waals surface area contributed by atoms with E-state index in [4.69, 9.17) is 0 Å². The van der Waals surface area contributed by atoms with Crippen molar-refractivity contribution in [2.75, 3.05) is 24.5 Å².